The van der Waals surface area contributed by atoms with Crippen molar-refractivity contribution in [3.63, 3.8) is 0 Å². The Morgan fingerprint density at radius 1 is 1.13 bits per heavy atom. The van der Waals surface area contributed by atoms with Gasteiger partial charge in [-0.25, -0.2) is 0 Å². The van der Waals surface area contributed by atoms with E-state index in [1.807, 2.05) is 30.3 Å². The quantitative estimate of drug-likeness (QED) is 0.846. The lowest BCUT2D eigenvalue weighted by molar-refractivity contribution is -0.126. The second-order valence-corrected chi connectivity index (χ2v) is 7.13. The molecule has 0 radical (unpaired) electrons. The Kier molecular flexibility index (Phi) is 4.99. The highest BCUT2D eigenvalue weighted by molar-refractivity contribution is 5.85. The molecule has 2 N–H and O–H groups in total. The van der Waals surface area contributed by atoms with Gasteiger partial charge < -0.3 is 10.6 Å². The number of hydrogen-bond donors (Lipinski definition) is 2. The minimum absolute atomic E-state index is 0.0663. The summed E-state index contributed by atoms with van der Waals surface area (Å²) in [6.07, 6.45) is 5.61. The van der Waals surface area contributed by atoms with Crippen molar-refractivity contribution in [3.05, 3.63) is 35.9 Å². The number of hydrogen-bond acceptors (Lipinski definition) is 2. The molecular formula is C19H26N2O2. The first-order valence-corrected chi connectivity index (χ1v) is 8.72. The van der Waals surface area contributed by atoms with Crippen molar-refractivity contribution < 1.29 is 9.59 Å². The van der Waals surface area contributed by atoms with Crippen LogP contribution >= 0.6 is 0 Å². The van der Waals surface area contributed by atoms with E-state index < -0.39 is 0 Å². The molecule has 124 valence electrons. The normalized spacial score (nSPS) is 26.7. The molecule has 0 aromatic heterocycles. The Balaban J connectivity index is 1.38. The molecule has 4 heteroatoms. The van der Waals surface area contributed by atoms with Gasteiger partial charge in [0.25, 0.3) is 0 Å². The average Bonchev–Trinajstić information content (AvgIpc) is 3.17. The van der Waals surface area contributed by atoms with Crippen LogP contribution in [0.5, 0.6) is 0 Å². The Hall–Kier alpha value is -1.84. The van der Waals surface area contributed by atoms with E-state index in [2.05, 4.69) is 17.6 Å². The topological polar surface area (TPSA) is 58.2 Å². The molecular weight excluding hydrogens is 288 g/mol. The number of carbonyl (C=O) groups is 2. The summed E-state index contributed by atoms with van der Waals surface area (Å²) in [6, 6.07) is 9.78. The summed E-state index contributed by atoms with van der Waals surface area (Å²) in [6.45, 7) is 2.17. The first kappa shape index (κ1) is 16.0. The van der Waals surface area contributed by atoms with Crippen LogP contribution in [0.4, 0.5) is 0 Å². The number of amides is 2. The van der Waals surface area contributed by atoms with Crippen molar-refractivity contribution in [3.8, 4) is 0 Å². The third-order valence-corrected chi connectivity index (χ3v) is 5.48. The van der Waals surface area contributed by atoms with E-state index in [1.165, 1.54) is 25.7 Å². The van der Waals surface area contributed by atoms with Crippen molar-refractivity contribution >= 4 is 11.8 Å². The van der Waals surface area contributed by atoms with Gasteiger partial charge >= 0.3 is 0 Å². The molecule has 4 unspecified atom stereocenters. The summed E-state index contributed by atoms with van der Waals surface area (Å²) in [4.78, 5) is 23.9. The van der Waals surface area contributed by atoms with Gasteiger partial charge in [-0.15, -0.1) is 0 Å². The Labute approximate surface area is 138 Å². The van der Waals surface area contributed by atoms with E-state index in [4.69, 9.17) is 0 Å². The van der Waals surface area contributed by atoms with E-state index in [1.54, 1.807) is 0 Å². The molecule has 2 saturated carbocycles. The van der Waals surface area contributed by atoms with Crippen LogP contribution in [0.15, 0.2) is 30.3 Å². The lowest BCUT2D eigenvalue weighted by Gasteiger charge is -2.28. The van der Waals surface area contributed by atoms with Gasteiger partial charge in [-0.2, -0.15) is 0 Å². The monoisotopic (exact) mass is 314 g/mol. The molecule has 2 aliphatic carbocycles. The summed E-state index contributed by atoms with van der Waals surface area (Å²) in [5.74, 6) is 2.11. The maximum absolute atomic E-state index is 12.0. The molecule has 4 nitrogen and oxygen atoms in total. The van der Waals surface area contributed by atoms with Crippen molar-refractivity contribution in [2.24, 2.45) is 17.8 Å². The fourth-order valence-corrected chi connectivity index (χ4v) is 4.34. The predicted molar refractivity (Wildman–Crippen MR) is 89.7 cm³/mol. The van der Waals surface area contributed by atoms with Gasteiger partial charge in [0.1, 0.15) is 0 Å². The Morgan fingerprint density at radius 3 is 2.57 bits per heavy atom. The molecule has 0 spiro atoms. The summed E-state index contributed by atoms with van der Waals surface area (Å²) in [5, 5.41) is 5.78. The zero-order valence-electron chi connectivity index (χ0n) is 13.8. The first-order chi connectivity index (χ1) is 11.1. The van der Waals surface area contributed by atoms with Gasteiger partial charge in [-0.3, -0.25) is 9.59 Å². The van der Waals surface area contributed by atoms with Crippen molar-refractivity contribution in [1.82, 2.24) is 10.6 Å². The molecule has 1 aromatic carbocycles. The fraction of sp³-hybridized carbons (Fsp3) is 0.579. The molecule has 1 aromatic rings. The van der Waals surface area contributed by atoms with Gasteiger partial charge in [0, 0.05) is 6.04 Å². The van der Waals surface area contributed by atoms with Crippen LogP contribution in [0.25, 0.3) is 0 Å². The zero-order valence-corrected chi connectivity index (χ0v) is 13.8. The maximum Gasteiger partial charge on any atom is 0.239 e. The highest BCUT2D eigenvalue weighted by atomic mass is 16.2. The highest BCUT2D eigenvalue weighted by Crippen LogP contribution is 2.49. The minimum Gasteiger partial charge on any atom is -0.352 e. The molecule has 0 saturated heterocycles. The third-order valence-electron chi connectivity index (χ3n) is 5.48. The summed E-state index contributed by atoms with van der Waals surface area (Å²) in [7, 11) is 0. The van der Waals surface area contributed by atoms with Crippen molar-refractivity contribution in [2.75, 3.05) is 6.54 Å². The van der Waals surface area contributed by atoms with Gasteiger partial charge in [0.15, 0.2) is 0 Å². The predicted octanol–water partition coefficient (Wildman–Crippen LogP) is 2.29. The highest BCUT2D eigenvalue weighted by Gasteiger charge is 2.42. The number of fused-ring (bicyclic) bond motifs is 2. The van der Waals surface area contributed by atoms with Gasteiger partial charge in [-0.05, 0) is 49.5 Å². The number of nitrogens with one attached hydrogen (secondary N) is 2. The van der Waals surface area contributed by atoms with Gasteiger partial charge in [0.2, 0.25) is 11.8 Å². The molecule has 2 bridgehead atoms. The summed E-state index contributed by atoms with van der Waals surface area (Å²) in [5.41, 5.74) is 0.959. The molecule has 3 rings (SSSR count). The van der Waals surface area contributed by atoms with Crippen LogP contribution in [-0.4, -0.2) is 24.4 Å². The minimum atomic E-state index is -0.112. The molecule has 2 aliphatic rings. The molecule has 23 heavy (non-hydrogen) atoms. The zero-order chi connectivity index (χ0) is 16.2. The number of carbonyl (C=O) groups excluding carboxylic acids is 2. The Bertz CT molecular complexity index is 558. The molecule has 0 aliphatic heterocycles. The van der Waals surface area contributed by atoms with Crippen LogP contribution in [0.3, 0.4) is 0 Å². The van der Waals surface area contributed by atoms with E-state index in [0.717, 1.165) is 17.4 Å². The Morgan fingerprint density at radius 2 is 1.91 bits per heavy atom. The molecule has 2 amide bonds. The number of rotatable bonds is 6. The molecule has 2 fully saturated rings. The largest absolute Gasteiger partial charge is 0.352 e. The van der Waals surface area contributed by atoms with Crippen LogP contribution in [0.2, 0.25) is 0 Å². The van der Waals surface area contributed by atoms with Crippen LogP contribution in [-0.2, 0) is 16.0 Å². The van der Waals surface area contributed by atoms with Crippen molar-refractivity contribution in [2.45, 2.75) is 45.1 Å². The first-order valence-electron chi connectivity index (χ1n) is 8.72. The number of benzene rings is 1. The summed E-state index contributed by atoms with van der Waals surface area (Å²) < 4.78 is 0. The smallest absolute Gasteiger partial charge is 0.239 e. The maximum atomic E-state index is 12.0. The summed E-state index contributed by atoms with van der Waals surface area (Å²) >= 11 is 0. The standard InChI is InChI=1S/C19H26N2O2/c1-13(17-10-15-7-8-16(17)9-15)21-19(23)12-20-18(22)11-14-5-3-2-4-6-14/h2-6,13,15-17H,7-12H2,1H3,(H,20,22)(H,21,23). The lowest BCUT2D eigenvalue weighted by atomic mass is 9.84. The SMILES string of the molecule is CC(NC(=O)CNC(=O)Cc1ccccc1)C1CC2CCC1C2. The van der Waals surface area contributed by atoms with Gasteiger partial charge in [-0.1, -0.05) is 36.8 Å². The van der Waals surface area contributed by atoms with Crippen molar-refractivity contribution in [1.29, 1.82) is 0 Å². The van der Waals surface area contributed by atoms with Gasteiger partial charge in [0.05, 0.1) is 13.0 Å². The van der Waals surface area contributed by atoms with E-state index in [-0.39, 0.29) is 24.4 Å². The van der Waals surface area contributed by atoms with Crippen LogP contribution in [0.1, 0.15) is 38.2 Å². The van der Waals surface area contributed by atoms with E-state index in [0.29, 0.717) is 12.3 Å². The third kappa shape index (κ3) is 4.12. The molecule has 0 heterocycles. The van der Waals surface area contributed by atoms with E-state index >= 15 is 0 Å². The van der Waals surface area contributed by atoms with Crippen LogP contribution in [0, 0.1) is 17.8 Å². The average molecular weight is 314 g/mol. The van der Waals surface area contributed by atoms with E-state index in [9.17, 15) is 9.59 Å². The fourth-order valence-electron chi connectivity index (χ4n) is 4.34. The van der Waals surface area contributed by atoms with Crippen LogP contribution < -0.4 is 10.6 Å². The second-order valence-electron chi connectivity index (χ2n) is 7.13. The molecule has 4 atom stereocenters. The second kappa shape index (κ2) is 7.16. The lowest BCUT2D eigenvalue weighted by Crippen LogP contribution is -2.45.